The Morgan fingerprint density at radius 3 is 2.40 bits per heavy atom. The van der Waals surface area contributed by atoms with E-state index in [1.807, 2.05) is 6.92 Å². The van der Waals surface area contributed by atoms with E-state index in [0.29, 0.717) is 0 Å². The van der Waals surface area contributed by atoms with Gasteiger partial charge >= 0.3 is 0 Å². The third-order valence-corrected chi connectivity index (χ3v) is 2.74. The number of hydrogen-bond acceptors (Lipinski definition) is 5. The monoisotopic (exact) mass is 221 g/mol. The van der Waals surface area contributed by atoms with Gasteiger partial charge in [-0.05, 0) is 19.1 Å². The highest BCUT2D eigenvalue weighted by Gasteiger charge is 2.07. The fraction of sp³-hybridized carbons (Fsp3) is 0.111. The molecule has 1 aromatic carbocycles. The molecule has 0 saturated carbocycles. The molecule has 2 aromatic rings. The lowest BCUT2D eigenvalue weighted by molar-refractivity contribution is -0.384. The summed E-state index contributed by atoms with van der Waals surface area (Å²) in [4.78, 5) is 10.0. The maximum atomic E-state index is 10.4. The fourth-order valence-electron chi connectivity index (χ4n) is 1.14. The van der Waals surface area contributed by atoms with Gasteiger partial charge in [0, 0.05) is 17.7 Å². The average Bonchev–Trinajstić information content (AvgIpc) is 2.65. The van der Waals surface area contributed by atoms with Crippen LogP contribution in [0.2, 0.25) is 0 Å². The van der Waals surface area contributed by atoms with Gasteiger partial charge in [0.15, 0.2) is 0 Å². The number of aryl methyl sites for hydroxylation is 1. The standard InChI is InChI=1S/C9H7N3O2S/c1-6-10-11-9(15-6)7-2-4-8(5-3-7)12(13)14/h2-5H,1H3. The van der Waals surface area contributed by atoms with Gasteiger partial charge in [-0.3, -0.25) is 10.1 Å². The quantitative estimate of drug-likeness (QED) is 0.576. The number of rotatable bonds is 2. The minimum atomic E-state index is -0.421. The van der Waals surface area contributed by atoms with Gasteiger partial charge < -0.3 is 0 Å². The van der Waals surface area contributed by atoms with E-state index in [-0.39, 0.29) is 5.69 Å². The van der Waals surface area contributed by atoms with Crippen molar-refractivity contribution in [3.05, 3.63) is 39.4 Å². The van der Waals surface area contributed by atoms with Crippen LogP contribution in [0.25, 0.3) is 10.6 Å². The van der Waals surface area contributed by atoms with Crippen molar-refractivity contribution in [2.45, 2.75) is 6.92 Å². The Bertz CT molecular complexity index is 492. The molecule has 0 spiro atoms. The molecule has 1 heterocycles. The van der Waals surface area contributed by atoms with Crippen molar-refractivity contribution >= 4 is 17.0 Å². The van der Waals surface area contributed by atoms with Gasteiger partial charge in [0.05, 0.1) is 4.92 Å². The van der Waals surface area contributed by atoms with E-state index >= 15 is 0 Å². The van der Waals surface area contributed by atoms with Gasteiger partial charge in [-0.2, -0.15) is 0 Å². The molecule has 15 heavy (non-hydrogen) atoms. The number of benzene rings is 1. The molecule has 6 heteroatoms. The number of aromatic nitrogens is 2. The van der Waals surface area contributed by atoms with Crippen molar-refractivity contribution in [3.63, 3.8) is 0 Å². The molecule has 0 aliphatic rings. The first-order valence-electron chi connectivity index (χ1n) is 4.22. The third kappa shape index (κ3) is 1.99. The molecule has 0 unspecified atom stereocenters. The second-order valence-corrected chi connectivity index (χ2v) is 4.11. The number of hydrogen-bond donors (Lipinski definition) is 0. The molecule has 0 N–H and O–H groups in total. The molecular formula is C9H7N3O2S. The Morgan fingerprint density at radius 2 is 1.93 bits per heavy atom. The molecule has 0 aliphatic heterocycles. The van der Waals surface area contributed by atoms with Gasteiger partial charge in [0.1, 0.15) is 10.0 Å². The van der Waals surface area contributed by atoms with Crippen LogP contribution in [0.15, 0.2) is 24.3 Å². The average molecular weight is 221 g/mol. The van der Waals surface area contributed by atoms with Crippen LogP contribution in [0.4, 0.5) is 5.69 Å². The van der Waals surface area contributed by atoms with Gasteiger partial charge in [-0.1, -0.05) is 11.3 Å². The van der Waals surface area contributed by atoms with E-state index < -0.39 is 4.92 Å². The highest BCUT2D eigenvalue weighted by molar-refractivity contribution is 7.14. The first-order chi connectivity index (χ1) is 7.16. The Kier molecular flexibility index (Phi) is 2.42. The minimum absolute atomic E-state index is 0.0833. The zero-order valence-corrected chi connectivity index (χ0v) is 8.69. The second-order valence-electron chi connectivity index (χ2n) is 2.93. The Hall–Kier alpha value is -1.82. The largest absolute Gasteiger partial charge is 0.269 e. The SMILES string of the molecule is Cc1nnc(-c2ccc([N+](=O)[O-])cc2)s1. The summed E-state index contributed by atoms with van der Waals surface area (Å²) in [7, 11) is 0. The number of nitrogens with zero attached hydrogens (tertiary/aromatic N) is 3. The number of nitro groups is 1. The van der Waals surface area contributed by atoms with Crippen molar-refractivity contribution in [3.8, 4) is 10.6 Å². The molecule has 0 atom stereocenters. The summed E-state index contributed by atoms with van der Waals surface area (Å²) in [5.41, 5.74) is 0.936. The van der Waals surface area contributed by atoms with Crippen LogP contribution in [-0.4, -0.2) is 15.1 Å². The minimum Gasteiger partial charge on any atom is -0.258 e. The lowest BCUT2D eigenvalue weighted by Crippen LogP contribution is -1.86. The summed E-state index contributed by atoms with van der Waals surface area (Å²) in [6, 6.07) is 6.29. The van der Waals surface area contributed by atoms with Crippen molar-refractivity contribution in [2.75, 3.05) is 0 Å². The lowest BCUT2D eigenvalue weighted by Gasteiger charge is -1.94. The summed E-state index contributed by atoms with van der Waals surface area (Å²) < 4.78 is 0. The first-order valence-corrected chi connectivity index (χ1v) is 5.03. The molecule has 0 aliphatic carbocycles. The van der Waals surface area contributed by atoms with Gasteiger partial charge in [-0.15, -0.1) is 10.2 Å². The van der Waals surface area contributed by atoms with E-state index in [2.05, 4.69) is 10.2 Å². The summed E-state index contributed by atoms with van der Waals surface area (Å²) in [6.45, 7) is 1.87. The van der Waals surface area contributed by atoms with Crippen LogP contribution in [0.3, 0.4) is 0 Å². The van der Waals surface area contributed by atoms with E-state index in [1.54, 1.807) is 12.1 Å². The molecular weight excluding hydrogens is 214 g/mol. The molecule has 0 amide bonds. The molecule has 5 nitrogen and oxygen atoms in total. The highest BCUT2D eigenvalue weighted by atomic mass is 32.1. The van der Waals surface area contributed by atoms with Crippen molar-refractivity contribution in [2.24, 2.45) is 0 Å². The normalized spacial score (nSPS) is 10.2. The summed E-state index contributed by atoms with van der Waals surface area (Å²) in [5, 5.41) is 19.9. The van der Waals surface area contributed by atoms with Crippen molar-refractivity contribution in [1.82, 2.24) is 10.2 Å². The van der Waals surface area contributed by atoms with Gasteiger partial charge in [-0.25, -0.2) is 0 Å². The maximum absolute atomic E-state index is 10.4. The van der Waals surface area contributed by atoms with Crippen molar-refractivity contribution in [1.29, 1.82) is 0 Å². The zero-order chi connectivity index (χ0) is 10.8. The topological polar surface area (TPSA) is 68.9 Å². The fourth-order valence-corrected chi connectivity index (χ4v) is 1.84. The van der Waals surface area contributed by atoms with Gasteiger partial charge in [0.25, 0.3) is 5.69 Å². The first kappa shape index (κ1) is 9.72. The van der Waals surface area contributed by atoms with Crippen LogP contribution in [-0.2, 0) is 0 Å². The third-order valence-electron chi connectivity index (χ3n) is 1.85. The highest BCUT2D eigenvalue weighted by Crippen LogP contribution is 2.24. The van der Waals surface area contributed by atoms with Crippen molar-refractivity contribution < 1.29 is 4.92 Å². The summed E-state index contributed by atoms with van der Waals surface area (Å²) in [5.74, 6) is 0. The Labute approximate surface area is 89.6 Å². The van der Waals surface area contributed by atoms with Crippen LogP contribution in [0, 0.1) is 17.0 Å². The summed E-state index contributed by atoms with van der Waals surface area (Å²) >= 11 is 1.46. The van der Waals surface area contributed by atoms with E-state index in [9.17, 15) is 10.1 Å². The lowest BCUT2D eigenvalue weighted by atomic mass is 10.2. The molecule has 76 valence electrons. The number of non-ortho nitro benzene ring substituents is 1. The van der Waals surface area contributed by atoms with Crippen LogP contribution < -0.4 is 0 Å². The van der Waals surface area contributed by atoms with Crippen LogP contribution in [0.5, 0.6) is 0 Å². The predicted molar refractivity (Wildman–Crippen MR) is 56.7 cm³/mol. The zero-order valence-electron chi connectivity index (χ0n) is 7.88. The Balaban J connectivity index is 2.35. The maximum Gasteiger partial charge on any atom is 0.269 e. The predicted octanol–water partition coefficient (Wildman–Crippen LogP) is 2.42. The van der Waals surface area contributed by atoms with Crippen LogP contribution >= 0.6 is 11.3 Å². The molecule has 0 bridgehead atoms. The molecule has 1 aromatic heterocycles. The van der Waals surface area contributed by atoms with E-state index in [0.717, 1.165) is 15.6 Å². The smallest absolute Gasteiger partial charge is 0.258 e. The molecule has 0 radical (unpaired) electrons. The molecule has 0 fully saturated rings. The van der Waals surface area contributed by atoms with E-state index in [1.165, 1.54) is 23.5 Å². The number of nitro benzene ring substituents is 1. The summed E-state index contributed by atoms with van der Waals surface area (Å²) in [6.07, 6.45) is 0. The van der Waals surface area contributed by atoms with Gasteiger partial charge in [0.2, 0.25) is 0 Å². The molecule has 0 saturated heterocycles. The molecule has 2 rings (SSSR count). The van der Waals surface area contributed by atoms with Crippen LogP contribution in [0.1, 0.15) is 5.01 Å². The second kappa shape index (κ2) is 3.74. The van der Waals surface area contributed by atoms with E-state index in [4.69, 9.17) is 0 Å². The Morgan fingerprint density at radius 1 is 1.27 bits per heavy atom.